The van der Waals surface area contributed by atoms with Gasteiger partial charge in [0.1, 0.15) is 5.82 Å². The van der Waals surface area contributed by atoms with E-state index in [0.717, 1.165) is 18.3 Å². The predicted molar refractivity (Wildman–Crippen MR) is 55.4 cm³/mol. The van der Waals surface area contributed by atoms with E-state index in [0.29, 0.717) is 0 Å². The summed E-state index contributed by atoms with van der Waals surface area (Å²) in [4.78, 5) is 8.14. The summed E-state index contributed by atoms with van der Waals surface area (Å²) in [6.45, 7) is 4.50. The summed E-state index contributed by atoms with van der Waals surface area (Å²) in [5.41, 5.74) is 2.59. The lowest BCUT2D eigenvalue weighted by Gasteiger charge is -2.26. The van der Waals surface area contributed by atoms with Crippen LogP contribution in [0.1, 0.15) is 36.0 Å². The number of hydrogen-bond acceptors (Lipinski definition) is 2. The number of aromatic amines is 1. The van der Waals surface area contributed by atoms with Crippen molar-refractivity contribution < 1.29 is 0 Å². The maximum absolute atomic E-state index is 4.71. The lowest BCUT2D eigenvalue weighted by Crippen LogP contribution is -2.43. The number of nitrogens with one attached hydrogen (secondary N) is 2. The summed E-state index contributed by atoms with van der Waals surface area (Å²) in [5, 5.41) is 3.30. The predicted octanol–water partition coefficient (Wildman–Crippen LogP) is 1.36. The van der Waals surface area contributed by atoms with Crippen LogP contribution in [0.15, 0.2) is 0 Å². The lowest BCUT2D eigenvalue weighted by atomic mass is 9.97. The molecule has 1 saturated heterocycles. The molecule has 1 saturated carbocycles. The number of aromatic nitrogens is 2. The Hall–Kier alpha value is -0.830. The third-order valence-electron chi connectivity index (χ3n) is 3.32. The van der Waals surface area contributed by atoms with Crippen molar-refractivity contribution in [3.05, 3.63) is 17.2 Å². The van der Waals surface area contributed by atoms with E-state index in [1.165, 1.54) is 43.1 Å². The van der Waals surface area contributed by atoms with Crippen LogP contribution < -0.4 is 5.32 Å². The molecular weight excluding hydrogens is 174 g/mol. The van der Waals surface area contributed by atoms with Crippen molar-refractivity contribution in [2.24, 2.45) is 5.92 Å². The summed E-state index contributed by atoms with van der Waals surface area (Å²) in [7, 11) is 0. The van der Waals surface area contributed by atoms with Crippen LogP contribution in [0.4, 0.5) is 0 Å². The van der Waals surface area contributed by atoms with E-state index in [1.54, 1.807) is 0 Å². The molecule has 1 aliphatic heterocycles. The smallest absolute Gasteiger partial charge is 0.109 e. The normalized spacial score (nSPS) is 22.4. The molecule has 0 amide bonds. The zero-order valence-corrected chi connectivity index (χ0v) is 8.64. The number of H-pyrrole nitrogens is 1. The average molecular weight is 191 g/mol. The SMILES string of the molecule is Cc1[nH]c(C2CC2)nc1CC1CNC1. The van der Waals surface area contributed by atoms with Crippen LogP contribution in [0.25, 0.3) is 0 Å². The van der Waals surface area contributed by atoms with Crippen LogP contribution >= 0.6 is 0 Å². The largest absolute Gasteiger partial charge is 0.346 e. The first kappa shape index (κ1) is 8.48. The van der Waals surface area contributed by atoms with Crippen LogP contribution in [-0.4, -0.2) is 23.1 Å². The van der Waals surface area contributed by atoms with Crippen LogP contribution in [0, 0.1) is 12.8 Å². The van der Waals surface area contributed by atoms with Gasteiger partial charge in [-0.1, -0.05) is 0 Å². The van der Waals surface area contributed by atoms with Crippen molar-refractivity contribution in [1.82, 2.24) is 15.3 Å². The van der Waals surface area contributed by atoms with Gasteiger partial charge in [0.2, 0.25) is 0 Å². The zero-order valence-electron chi connectivity index (χ0n) is 8.64. The van der Waals surface area contributed by atoms with Gasteiger partial charge in [-0.15, -0.1) is 0 Å². The monoisotopic (exact) mass is 191 g/mol. The van der Waals surface area contributed by atoms with Gasteiger partial charge in [0.25, 0.3) is 0 Å². The van der Waals surface area contributed by atoms with Gasteiger partial charge in [-0.25, -0.2) is 4.98 Å². The molecule has 1 aromatic rings. The molecule has 2 fully saturated rings. The Morgan fingerprint density at radius 2 is 2.14 bits per heavy atom. The Kier molecular flexibility index (Phi) is 1.87. The van der Waals surface area contributed by atoms with Crippen molar-refractivity contribution in [2.45, 2.75) is 32.1 Å². The van der Waals surface area contributed by atoms with Crippen LogP contribution in [-0.2, 0) is 6.42 Å². The Morgan fingerprint density at radius 3 is 2.71 bits per heavy atom. The molecule has 1 aromatic heterocycles. The van der Waals surface area contributed by atoms with Gasteiger partial charge >= 0.3 is 0 Å². The quantitative estimate of drug-likeness (QED) is 0.757. The van der Waals surface area contributed by atoms with Gasteiger partial charge in [-0.3, -0.25) is 0 Å². The molecule has 76 valence electrons. The minimum absolute atomic E-state index is 0.752. The second kappa shape index (κ2) is 3.09. The topological polar surface area (TPSA) is 40.7 Å². The van der Waals surface area contributed by atoms with E-state index in [1.807, 2.05) is 0 Å². The molecule has 14 heavy (non-hydrogen) atoms. The highest BCUT2D eigenvalue weighted by molar-refractivity contribution is 5.18. The highest BCUT2D eigenvalue weighted by Crippen LogP contribution is 2.38. The number of aryl methyl sites for hydroxylation is 1. The van der Waals surface area contributed by atoms with E-state index in [2.05, 4.69) is 17.2 Å². The molecule has 2 aliphatic rings. The highest BCUT2D eigenvalue weighted by Gasteiger charge is 2.28. The zero-order chi connectivity index (χ0) is 9.54. The molecule has 0 radical (unpaired) electrons. The molecule has 0 bridgehead atoms. The fraction of sp³-hybridized carbons (Fsp3) is 0.727. The van der Waals surface area contributed by atoms with Crippen LogP contribution in [0.5, 0.6) is 0 Å². The molecule has 3 nitrogen and oxygen atoms in total. The van der Waals surface area contributed by atoms with Gasteiger partial charge in [0.15, 0.2) is 0 Å². The van der Waals surface area contributed by atoms with Gasteiger partial charge in [-0.2, -0.15) is 0 Å². The highest BCUT2D eigenvalue weighted by atomic mass is 15.0. The van der Waals surface area contributed by atoms with Crippen molar-refractivity contribution in [1.29, 1.82) is 0 Å². The molecule has 0 unspecified atom stereocenters. The molecule has 0 aromatic carbocycles. The van der Waals surface area contributed by atoms with E-state index in [-0.39, 0.29) is 0 Å². The minimum atomic E-state index is 0.752. The Labute approximate surface area is 84.3 Å². The molecular formula is C11H17N3. The Bertz CT molecular complexity index is 334. The molecule has 0 atom stereocenters. The van der Waals surface area contributed by atoms with Gasteiger partial charge in [0, 0.05) is 11.6 Å². The lowest BCUT2D eigenvalue weighted by molar-refractivity contribution is 0.344. The molecule has 1 aliphatic carbocycles. The fourth-order valence-corrected chi connectivity index (χ4v) is 2.04. The number of rotatable bonds is 3. The van der Waals surface area contributed by atoms with E-state index >= 15 is 0 Å². The Morgan fingerprint density at radius 1 is 1.36 bits per heavy atom. The standard InChI is InChI=1S/C11H17N3/c1-7-10(4-8-5-12-6-8)14-11(13-7)9-2-3-9/h8-9,12H,2-6H2,1H3,(H,13,14). The molecule has 2 heterocycles. The number of imidazole rings is 1. The minimum Gasteiger partial charge on any atom is -0.346 e. The van der Waals surface area contributed by atoms with Crippen molar-refractivity contribution in [3.8, 4) is 0 Å². The second-order valence-corrected chi connectivity index (χ2v) is 4.70. The summed E-state index contributed by atoms with van der Waals surface area (Å²) in [6, 6.07) is 0. The van der Waals surface area contributed by atoms with E-state index < -0.39 is 0 Å². The number of hydrogen-bond donors (Lipinski definition) is 2. The summed E-state index contributed by atoms with van der Waals surface area (Å²) in [6.07, 6.45) is 3.82. The van der Waals surface area contributed by atoms with Crippen molar-refractivity contribution in [2.75, 3.05) is 13.1 Å². The third-order valence-corrected chi connectivity index (χ3v) is 3.32. The second-order valence-electron chi connectivity index (χ2n) is 4.70. The molecule has 3 rings (SSSR count). The number of nitrogens with zero attached hydrogens (tertiary/aromatic N) is 1. The molecule has 3 heteroatoms. The average Bonchev–Trinajstić information content (AvgIpc) is 2.85. The first-order valence-electron chi connectivity index (χ1n) is 5.59. The van der Waals surface area contributed by atoms with Crippen LogP contribution in [0.3, 0.4) is 0 Å². The first-order chi connectivity index (χ1) is 6.83. The van der Waals surface area contributed by atoms with Crippen LogP contribution in [0.2, 0.25) is 0 Å². The van der Waals surface area contributed by atoms with Gasteiger partial charge in [0.05, 0.1) is 5.69 Å². The summed E-state index contributed by atoms with van der Waals surface area (Å²) < 4.78 is 0. The molecule has 2 N–H and O–H groups in total. The van der Waals surface area contributed by atoms with Crippen molar-refractivity contribution in [3.63, 3.8) is 0 Å². The van der Waals surface area contributed by atoms with Gasteiger partial charge in [-0.05, 0) is 45.2 Å². The Balaban J connectivity index is 1.74. The van der Waals surface area contributed by atoms with E-state index in [4.69, 9.17) is 4.98 Å². The summed E-state index contributed by atoms with van der Waals surface area (Å²) in [5.74, 6) is 2.82. The van der Waals surface area contributed by atoms with Crippen molar-refractivity contribution >= 4 is 0 Å². The maximum atomic E-state index is 4.71. The maximum Gasteiger partial charge on any atom is 0.109 e. The third kappa shape index (κ3) is 1.46. The van der Waals surface area contributed by atoms with Gasteiger partial charge < -0.3 is 10.3 Å². The summed E-state index contributed by atoms with van der Waals surface area (Å²) >= 11 is 0. The first-order valence-corrected chi connectivity index (χ1v) is 5.59. The molecule has 0 spiro atoms. The fourth-order valence-electron chi connectivity index (χ4n) is 2.04. The van der Waals surface area contributed by atoms with E-state index in [9.17, 15) is 0 Å².